The topological polar surface area (TPSA) is 105 Å². The number of amidine groups is 1. The SMILES string of the molecule is CC(=O)NC1=NN(C(C)=O)C(C)(c2ccc([N+](=O)[O-])cc2)S1. The summed E-state index contributed by atoms with van der Waals surface area (Å²) in [5.74, 6) is -0.587. The van der Waals surface area contributed by atoms with Crippen LogP contribution in [0.3, 0.4) is 0 Å². The maximum Gasteiger partial charge on any atom is 0.269 e. The number of non-ortho nitro benzene ring substituents is 1. The number of hydrogen-bond donors (Lipinski definition) is 1. The van der Waals surface area contributed by atoms with Gasteiger partial charge in [0.25, 0.3) is 5.69 Å². The largest absolute Gasteiger partial charge is 0.304 e. The highest BCUT2D eigenvalue weighted by atomic mass is 32.2. The van der Waals surface area contributed by atoms with Gasteiger partial charge in [0.15, 0.2) is 5.17 Å². The van der Waals surface area contributed by atoms with Crippen LogP contribution in [0.2, 0.25) is 0 Å². The lowest BCUT2D eigenvalue weighted by atomic mass is 10.1. The van der Waals surface area contributed by atoms with Crippen LogP contribution in [0.25, 0.3) is 0 Å². The monoisotopic (exact) mass is 322 g/mol. The third kappa shape index (κ3) is 2.93. The van der Waals surface area contributed by atoms with E-state index < -0.39 is 9.79 Å². The van der Waals surface area contributed by atoms with Crippen molar-refractivity contribution >= 4 is 34.4 Å². The van der Waals surface area contributed by atoms with Gasteiger partial charge in [0, 0.05) is 26.0 Å². The van der Waals surface area contributed by atoms with Gasteiger partial charge in [0.05, 0.1) is 4.92 Å². The highest BCUT2D eigenvalue weighted by Gasteiger charge is 2.44. The van der Waals surface area contributed by atoms with Gasteiger partial charge in [-0.15, -0.1) is 5.10 Å². The smallest absolute Gasteiger partial charge is 0.269 e. The van der Waals surface area contributed by atoms with Crippen LogP contribution in [-0.2, 0) is 14.5 Å². The Labute approximate surface area is 130 Å². The summed E-state index contributed by atoms with van der Waals surface area (Å²) >= 11 is 1.20. The van der Waals surface area contributed by atoms with Gasteiger partial charge in [0.2, 0.25) is 11.8 Å². The van der Waals surface area contributed by atoms with E-state index in [-0.39, 0.29) is 17.5 Å². The molecule has 0 aromatic heterocycles. The van der Waals surface area contributed by atoms with Crippen LogP contribution < -0.4 is 5.32 Å². The van der Waals surface area contributed by atoms with E-state index in [2.05, 4.69) is 10.4 Å². The minimum Gasteiger partial charge on any atom is -0.304 e. The van der Waals surface area contributed by atoms with E-state index >= 15 is 0 Å². The summed E-state index contributed by atoms with van der Waals surface area (Å²) in [4.78, 5) is 32.3. The number of nitro benzene ring substituents is 1. The van der Waals surface area contributed by atoms with Gasteiger partial charge in [-0.25, -0.2) is 5.01 Å². The van der Waals surface area contributed by atoms with E-state index in [1.54, 1.807) is 19.1 Å². The van der Waals surface area contributed by atoms with Crippen molar-refractivity contribution in [3.05, 3.63) is 39.9 Å². The molecule has 0 spiro atoms. The van der Waals surface area contributed by atoms with Gasteiger partial charge in [0.1, 0.15) is 4.87 Å². The first kappa shape index (κ1) is 16.0. The van der Waals surface area contributed by atoms with Crippen molar-refractivity contribution < 1.29 is 14.5 Å². The molecule has 1 aromatic rings. The van der Waals surface area contributed by atoms with Crippen LogP contribution >= 0.6 is 11.8 Å². The second kappa shape index (κ2) is 5.76. The zero-order valence-electron chi connectivity index (χ0n) is 12.2. The Balaban J connectivity index is 2.36. The molecule has 1 aliphatic rings. The first-order valence-corrected chi connectivity index (χ1v) is 7.16. The molecule has 0 bridgehead atoms. The third-order valence-corrected chi connectivity index (χ3v) is 4.27. The number of rotatable bonds is 2. The Hall–Kier alpha value is -2.42. The number of hydrazone groups is 1. The van der Waals surface area contributed by atoms with E-state index in [1.165, 1.54) is 42.8 Å². The Bertz CT molecular complexity index is 673. The van der Waals surface area contributed by atoms with Crippen molar-refractivity contribution in [3.8, 4) is 0 Å². The van der Waals surface area contributed by atoms with Crippen LogP contribution in [0, 0.1) is 10.1 Å². The normalized spacial score (nSPS) is 20.5. The van der Waals surface area contributed by atoms with E-state index in [0.717, 1.165) is 0 Å². The second-order valence-corrected chi connectivity index (χ2v) is 6.19. The first-order valence-electron chi connectivity index (χ1n) is 6.35. The molecule has 9 heteroatoms. The van der Waals surface area contributed by atoms with Crippen LogP contribution in [0.5, 0.6) is 0 Å². The maximum absolute atomic E-state index is 11.8. The summed E-state index contributed by atoms with van der Waals surface area (Å²) in [5, 5.41) is 19.0. The number of amides is 2. The standard InChI is InChI=1S/C13H14N4O4S/c1-8(18)14-12-15-16(9(2)19)13(3,22-12)10-4-6-11(7-5-10)17(20)21/h4-7H,1-3H3,(H,14,15,18). The molecule has 1 unspecified atom stereocenters. The average Bonchev–Trinajstić information content (AvgIpc) is 2.76. The van der Waals surface area contributed by atoms with Gasteiger partial charge in [-0.3, -0.25) is 19.7 Å². The predicted molar refractivity (Wildman–Crippen MR) is 81.8 cm³/mol. The molecular weight excluding hydrogens is 308 g/mol. The molecule has 1 aliphatic heterocycles. The first-order chi connectivity index (χ1) is 10.2. The van der Waals surface area contributed by atoms with E-state index in [1.807, 2.05) is 0 Å². The minimum atomic E-state index is -0.876. The molecular formula is C13H14N4O4S. The molecule has 2 amide bonds. The molecule has 1 aromatic carbocycles. The summed E-state index contributed by atoms with van der Waals surface area (Å²) in [6.07, 6.45) is 0. The van der Waals surface area contributed by atoms with Crippen molar-refractivity contribution in [1.82, 2.24) is 10.3 Å². The van der Waals surface area contributed by atoms with Gasteiger partial charge < -0.3 is 5.32 Å². The van der Waals surface area contributed by atoms with Gasteiger partial charge in [-0.05, 0) is 24.6 Å². The molecule has 8 nitrogen and oxygen atoms in total. The van der Waals surface area contributed by atoms with Crippen LogP contribution in [0.15, 0.2) is 29.4 Å². The number of thioether (sulfide) groups is 1. The minimum absolute atomic E-state index is 0.0345. The number of nitro groups is 1. The molecule has 1 atom stereocenters. The fraction of sp³-hybridized carbons (Fsp3) is 0.308. The Morgan fingerprint density at radius 2 is 1.91 bits per heavy atom. The number of carbonyl (C=O) groups is 2. The molecule has 116 valence electrons. The average molecular weight is 322 g/mol. The second-order valence-electron chi connectivity index (χ2n) is 4.81. The van der Waals surface area contributed by atoms with Crippen molar-refractivity contribution in [2.24, 2.45) is 5.10 Å². The number of hydrogen-bond acceptors (Lipinski definition) is 6. The quantitative estimate of drug-likeness (QED) is 0.660. The lowest BCUT2D eigenvalue weighted by Gasteiger charge is -2.30. The fourth-order valence-corrected chi connectivity index (χ4v) is 3.29. The van der Waals surface area contributed by atoms with Crippen molar-refractivity contribution in [3.63, 3.8) is 0 Å². The highest BCUT2D eigenvalue weighted by Crippen LogP contribution is 2.45. The van der Waals surface area contributed by atoms with E-state index in [9.17, 15) is 19.7 Å². The molecule has 22 heavy (non-hydrogen) atoms. The van der Waals surface area contributed by atoms with Crippen molar-refractivity contribution in [2.45, 2.75) is 25.6 Å². The van der Waals surface area contributed by atoms with Gasteiger partial charge >= 0.3 is 0 Å². The summed E-state index contributed by atoms with van der Waals surface area (Å²) in [7, 11) is 0. The predicted octanol–water partition coefficient (Wildman–Crippen LogP) is 1.77. The van der Waals surface area contributed by atoms with Crippen LogP contribution in [-0.4, -0.2) is 26.9 Å². The summed E-state index contributed by atoms with van der Waals surface area (Å²) in [5.41, 5.74) is 0.634. The van der Waals surface area contributed by atoms with Crippen molar-refractivity contribution in [1.29, 1.82) is 0 Å². The molecule has 0 fully saturated rings. The Kier molecular flexibility index (Phi) is 4.18. The molecule has 0 saturated carbocycles. The number of benzene rings is 1. The lowest BCUT2D eigenvalue weighted by molar-refractivity contribution is -0.384. The number of nitrogens with zero attached hydrogens (tertiary/aromatic N) is 3. The fourth-order valence-electron chi connectivity index (χ4n) is 2.08. The Morgan fingerprint density at radius 3 is 2.36 bits per heavy atom. The van der Waals surface area contributed by atoms with Gasteiger partial charge in [-0.2, -0.15) is 0 Å². The maximum atomic E-state index is 11.8. The third-order valence-electron chi connectivity index (χ3n) is 3.09. The molecule has 1 heterocycles. The summed E-state index contributed by atoms with van der Waals surface area (Å²) in [6, 6.07) is 5.90. The van der Waals surface area contributed by atoms with E-state index in [4.69, 9.17) is 0 Å². The van der Waals surface area contributed by atoms with Crippen LogP contribution in [0.1, 0.15) is 26.3 Å². The summed E-state index contributed by atoms with van der Waals surface area (Å²) < 4.78 is 0. The van der Waals surface area contributed by atoms with E-state index in [0.29, 0.717) is 10.7 Å². The van der Waals surface area contributed by atoms with Crippen LogP contribution in [0.4, 0.5) is 5.69 Å². The highest BCUT2D eigenvalue weighted by molar-refractivity contribution is 8.14. The molecule has 0 aliphatic carbocycles. The molecule has 1 N–H and O–H groups in total. The zero-order valence-corrected chi connectivity index (χ0v) is 13.0. The molecule has 0 saturated heterocycles. The number of carbonyl (C=O) groups excluding carboxylic acids is 2. The zero-order chi connectivity index (χ0) is 16.5. The number of nitrogens with one attached hydrogen (secondary N) is 1. The summed E-state index contributed by atoms with van der Waals surface area (Å²) in [6.45, 7) is 4.48. The lowest BCUT2D eigenvalue weighted by Crippen LogP contribution is -2.37. The Morgan fingerprint density at radius 1 is 1.32 bits per heavy atom. The molecule has 0 radical (unpaired) electrons. The molecule has 2 rings (SSSR count). The van der Waals surface area contributed by atoms with Crippen molar-refractivity contribution in [2.75, 3.05) is 0 Å². The van der Waals surface area contributed by atoms with Gasteiger partial charge in [-0.1, -0.05) is 11.8 Å².